The predicted molar refractivity (Wildman–Crippen MR) is 140 cm³/mol. The van der Waals surface area contributed by atoms with Crippen molar-refractivity contribution < 1.29 is 9.59 Å². The summed E-state index contributed by atoms with van der Waals surface area (Å²) in [6.07, 6.45) is 0.942. The van der Waals surface area contributed by atoms with Gasteiger partial charge in [0.1, 0.15) is 0 Å². The van der Waals surface area contributed by atoms with Gasteiger partial charge in [-0.1, -0.05) is 41.9 Å². The Balaban J connectivity index is 1.40. The summed E-state index contributed by atoms with van der Waals surface area (Å²) in [6.45, 7) is 2.20. The molecule has 2 heterocycles. The molecule has 0 radical (unpaired) electrons. The van der Waals surface area contributed by atoms with Crippen LogP contribution in [-0.4, -0.2) is 21.6 Å². The van der Waals surface area contributed by atoms with E-state index in [4.69, 9.17) is 11.6 Å². The van der Waals surface area contributed by atoms with E-state index in [1.807, 2.05) is 54.6 Å². The maximum absolute atomic E-state index is 13.0. The van der Waals surface area contributed by atoms with Crippen LogP contribution in [0, 0.1) is 6.92 Å². The molecular formula is C28H23ClN4O3. The maximum Gasteiger partial charge on any atom is 0.280 e. The van der Waals surface area contributed by atoms with Crippen LogP contribution in [0.5, 0.6) is 0 Å². The van der Waals surface area contributed by atoms with E-state index in [0.29, 0.717) is 35.8 Å². The first kappa shape index (κ1) is 23.5. The molecule has 0 saturated carbocycles. The number of aryl methyl sites for hydroxylation is 2. The number of carbonyl (C=O) groups is 2. The molecule has 8 heteroatoms. The molecule has 0 bridgehead atoms. The van der Waals surface area contributed by atoms with Crippen molar-refractivity contribution in [2.24, 2.45) is 0 Å². The van der Waals surface area contributed by atoms with E-state index in [-0.39, 0.29) is 11.6 Å². The third kappa shape index (κ3) is 4.78. The van der Waals surface area contributed by atoms with Crippen molar-refractivity contribution >= 4 is 34.8 Å². The fourth-order valence-electron chi connectivity index (χ4n) is 4.31. The molecule has 7 nitrogen and oxygen atoms in total. The number of benzene rings is 3. The summed E-state index contributed by atoms with van der Waals surface area (Å²) in [6, 6.07) is 23.5. The average molecular weight is 499 g/mol. The zero-order chi connectivity index (χ0) is 25.2. The normalized spacial score (nSPS) is 12.8. The summed E-state index contributed by atoms with van der Waals surface area (Å²) in [4.78, 5) is 40.0. The van der Waals surface area contributed by atoms with Crippen LogP contribution in [0.15, 0.2) is 83.7 Å². The Morgan fingerprint density at radius 1 is 0.972 bits per heavy atom. The minimum Gasteiger partial charge on any atom is -0.320 e. The molecule has 0 saturated heterocycles. The van der Waals surface area contributed by atoms with Gasteiger partial charge in [0.25, 0.3) is 5.91 Å². The zero-order valence-corrected chi connectivity index (χ0v) is 20.3. The fraction of sp³-hybridized carbons (Fsp3) is 0.143. The Bertz CT molecular complexity index is 1510. The van der Waals surface area contributed by atoms with Crippen LogP contribution in [0.2, 0.25) is 5.02 Å². The van der Waals surface area contributed by atoms with Crippen molar-refractivity contribution in [3.8, 4) is 5.69 Å². The molecule has 0 aliphatic carbocycles. The topological polar surface area (TPSA) is 84.3 Å². The van der Waals surface area contributed by atoms with Crippen LogP contribution in [0.25, 0.3) is 5.69 Å². The molecule has 1 aliphatic heterocycles. The van der Waals surface area contributed by atoms with Crippen molar-refractivity contribution in [1.82, 2.24) is 9.78 Å². The third-order valence-corrected chi connectivity index (χ3v) is 6.37. The number of halogens is 1. The Morgan fingerprint density at radius 2 is 1.72 bits per heavy atom. The molecule has 0 fully saturated rings. The highest BCUT2D eigenvalue weighted by molar-refractivity contribution is 6.30. The van der Waals surface area contributed by atoms with Gasteiger partial charge in [-0.25, -0.2) is 4.68 Å². The zero-order valence-electron chi connectivity index (χ0n) is 19.6. The summed E-state index contributed by atoms with van der Waals surface area (Å²) in [7, 11) is 0. The highest BCUT2D eigenvalue weighted by Gasteiger charge is 2.25. The number of amides is 2. The third-order valence-electron chi connectivity index (χ3n) is 6.11. The molecule has 5 rings (SSSR count). The van der Waals surface area contributed by atoms with E-state index < -0.39 is 11.3 Å². The van der Waals surface area contributed by atoms with Gasteiger partial charge >= 0.3 is 0 Å². The smallest absolute Gasteiger partial charge is 0.280 e. The van der Waals surface area contributed by atoms with Crippen LogP contribution in [0.3, 0.4) is 0 Å². The molecule has 1 aliphatic rings. The number of hydrogen-bond donors (Lipinski definition) is 1. The fourth-order valence-corrected chi connectivity index (χ4v) is 4.43. The Hall–Kier alpha value is -4.23. The number of anilines is 2. The number of aromatic nitrogens is 2. The molecule has 3 aromatic carbocycles. The van der Waals surface area contributed by atoms with Crippen LogP contribution < -0.4 is 15.6 Å². The van der Waals surface area contributed by atoms with Crippen molar-refractivity contribution in [3.05, 3.63) is 117 Å². The van der Waals surface area contributed by atoms with E-state index in [1.165, 1.54) is 6.07 Å². The van der Waals surface area contributed by atoms with Crippen molar-refractivity contribution in [2.45, 2.75) is 26.3 Å². The van der Waals surface area contributed by atoms with Crippen LogP contribution in [0.1, 0.15) is 33.7 Å². The van der Waals surface area contributed by atoms with Crippen LogP contribution in [0.4, 0.5) is 11.4 Å². The lowest BCUT2D eigenvalue weighted by molar-refractivity contribution is -0.119. The minimum atomic E-state index is -0.588. The van der Waals surface area contributed by atoms with Gasteiger partial charge in [0.2, 0.25) is 11.3 Å². The predicted octanol–water partition coefficient (Wildman–Crippen LogP) is 4.93. The van der Waals surface area contributed by atoms with E-state index in [2.05, 4.69) is 10.4 Å². The van der Waals surface area contributed by atoms with Gasteiger partial charge in [-0.3, -0.25) is 14.4 Å². The molecule has 0 unspecified atom stereocenters. The second-order valence-electron chi connectivity index (χ2n) is 8.65. The van der Waals surface area contributed by atoms with Crippen molar-refractivity contribution in [2.75, 3.05) is 10.2 Å². The lowest BCUT2D eigenvalue weighted by Crippen LogP contribution is -2.34. The molecule has 180 valence electrons. The second-order valence-corrected chi connectivity index (χ2v) is 9.09. The lowest BCUT2D eigenvalue weighted by Gasteiger charge is -2.30. The Labute approximate surface area is 213 Å². The van der Waals surface area contributed by atoms with E-state index in [9.17, 15) is 14.4 Å². The van der Waals surface area contributed by atoms with Gasteiger partial charge in [0.05, 0.1) is 12.2 Å². The van der Waals surface area contributed by atoms with Crippen molar-refractivity contribution in [3.63, 3.8) is 0 Å². The first-order valence-corrected chi connectivity index (χ1v) is 11.9. The number of hydrogen-bond acceptors (Lipinski definition) is 4. The van der Waals surface area contributed by atoms with Gasteiger partial charge < -0.3 is 10.2 Å². The highest BCUT2D eigenvalue weighted by Crippen LogP contribution is 2.32. The lowest BCUT2D eigenvalue weighted by atomic mass is 9.99. The largest absolute Gasteiger partial charge is 0.320 e. The second kappa shape index (κ2) is 9.79. The van der Waals surface area contributed by atoms with Crippen LogP contribution >= 0.6 is 11.6 Å². The Morgan fingerprint density at radius 3 is 2.47 bits per heavy atom. The summed E-state index contributed by atoms with van der Waals surface area (Å²) in [5, 5.41) is 7.77. The Kier molecular flexibility index (Phi) is 6.40. The van der Waals surface area contributed by atoms with Crippen molar-refractivity contribution in [1.29, 1.82) is 0 Å². The minimum absolute atomic E-state index is 0.0413. The van der Waals surface area contributed by atoms with E-state index in [1.54, 1.807) is 34.7 Å². The SMILES string of the molecule is Cc1cc(=O)c(C(=O)Nc2ccc3c(c2)CCC(=O)N3Cc2ccc(Cl)cc2)nn1-c1ccccc1. The summed E-state index contributed by atoms with van der Waals surface area (Å²) in [5.41, 5.74) is 3.99. The van der Waals surface area contributed by atoms with E-state index >= 15 is 0 Å². The quantitative estimate of drug-likeness (QED) is 0.423. The molecule has 2 amide bonds. The van der Waals surface area contributed by atoms with Crippen LogP contribution in [-0.2, 0) is 17.8 Å². The molecule has 1 N–H and O–H groups in total. The number of nitrogens with one attached hydrogen (secondary N) is 1. The standard InChI is InChI=1S/C28H23ClN4O3/c1-18-15-25(34)27(31-33(18)23-5-3-2-4-6-23)28(36)30-22-12-13-24-20(16-22)9-14-26(35)32(24)17-19-7-10-21(29)11-8-19/h2-8,10-13,15-16H,9,14,17H2,1H3,(H,30,36). The van der Waals surface area contributed by atoms with Gasteiger partial charge in [-0.15, -0.1) is 0 Å². The number of nitrogens with zero attached hydrogens (tertiary/aromatic N) is 3. The number of fused-ring (bicyclic) bond motifs is 1. The number of rotatable bonds is 5. The highest BCUT2D eigenvalue weighted by atomic mass is 35.5. The first-order valence-electron chi connectivity index (χ1n) is 11.5. The average Bonchev–Trinajstić information content (AvgIpc) is 2.87. The van der Waals surface area contributed by atoms with Gasteiger partial charge in [-0.05, 0) is 66.9 Å². The number of para-hydroxylation sites is 1. The molecular weight excluding hydrogens is 476 g/mol. The first-order chi connectivity index (χ1) is 17.4. The van der Waals surface area contributed by atoms with Gasteiger partial charge in [-0.2, -0.15) is 5.10 Å². The molecule has 36 heavy (non-hydrogen) atoms. The van der Waals surface area contributed by atoms with E-state index in [0.717, 1.165) is 22.5 Å². The molecule has 0 spiro atoms. The molecule has 4 aromatic rings. The summed E-state index contributed by atoms with van der Waals surface area (Å²) < 4.78 is 1.57. The summed E-state index contributed by atoms with van der Waals surface area (Å²) in [5.74, 6) is -0.547. The van der Waals surface area contributed by atoms with Gasteiger partial charge in [0, 0.05) is 34.6 Å². The molecule has 1 aromatic heterocycles. The maximum atomic E-state index is 13.0. The van der Waals surface area contributed by atoms with Gasteiger partial charge in [0.15, 0.2) is 5.69 Å². The molecule has 0 atom stereocenters. The monoisotopic (exact) mass is 498 g/mol. The number of carbonyl (C=O) groups excluding carboxylic acids is 2. The summed E-state index contributed by atoms with van der Waals surface area (Å²) >= 11 is 5.98.